The average molecular weight is 495 g/mol. The molecule has 2 aromatic rings. The molecule has 33 heavy (non-hydrogen) atoms. The summed E-state index contributed by atoms with van der Waals surface area (Å²) in [4.78, 5) is 10.3. The largest absolute Gasteiger partial charge is 0.497 e. The lowest BCUT2D eigenvalue weighted by atomic mass is 10.1. The third kappa shape index (κ3) is 6.65. The van der Waals surface area contributed by atoms with Crippen molar-refractivity contribution in [3.8, 4) is 11.5 Å². The van der Waals surface area contributed by atoms with Gasteiger partial charge in [-0.3, -0.25) is 5.41 Å². The third-order valence-electron chi connectivity index (χ3n) is 5.24. The van der Waals surface area contributed by atoms with Gasteiger partial charge in [-0.05, 0) is 61.3 Å². The van der Waals surface area contributed by atoms with E-state index in [-0.39, 0.29) is 11.9 Å². The van der Waals surface area contributed by atoms with E-state index in [0.717, 1.165) is 17.7 Å². The molecule has 0 bridgehead atoms. The Bertz CT molecular complexity index is 1110. The second kappa shape index (κ2) is 10.5. The number of methoxy groups -OCH3 is 2. The van der Waals surface area contributed by atoms with Gasteiger partial charge in [-0.2, -0.15) is 0 Å². The molecule has 1 aliphatic rings. The normalized spacial score (nSPS) is 14.5. The summed E-state index contributed by atoms with van der Waals surface area (Å²) in [6.07, 6.45) is 5.36. The van der Waals surface area contributed by atoms with E-state index < -0.39 is 10.0 Å². The van der Waals surface area contributed by atoms with Crippen LogP contribution in [0.3, 0.4) is 0 Å². The van der Waals surface area contributed by atoms with Crippen molar-refractivity contribution in [1.82, 2.24) is 14.7 Å². The van der Waals surface area contributed by atoms with E-state index in [0.29, 0.717) is 47.1 Å². The third-order valence-corrected chi connectivity index (χ3v) is 6.90. The Morgan fingerprint density at radius 1 is 1.45 bits per heavy atom. The van der Waals surface area contributed by atoms with Gasteiger partial charge in [0, 0.05) is 12.6 Å². The summed E-state index contributed by atoms with van der Waals surface area (Å²) >= 11 is 1.32. The Labute approximate surface area is 198 Å². The SMILES string of the molecule is C=CN(CCC(NS(C)(=O)=O)C1CC1)c1nc(Sc2cc(OC)ccc2OC)[nH]c1C(=N)N. The van der Waals surface area contributed by atoms with E-state index in [9.17, 15) is 8.42 Å². The molecular weight excluding hydrogens is 464 g/mol. The quantitative estimate of drug-likeness (QED) is 0.245. The molecule has 1 saturated carbocycles. The van der Waals surface area contributed by atoms with E-state index in [2.05, 4.69) is 21.3 Å². The maximum atomic E-state index is 11.7. The molecule has 10 nitrogen and oxygen atoms in total. The van der Waals surface area contributed by atoms with Gasteiger partial charge in [-0.25, -0.2) is 18.1 Å². The molecule has 1 unspecified atom stereocenters. The highest BCUT2D eigenvalue weighted by atomic mass is 32.2. The minimum atomic E-state index is -3.31. The number of nitrogen functional groups attached to an aromatic ring is 1. The van der Waals surface area contributed by atoms with E-state index in [1.165, 1.54) is 18.0 Å². The monoisotopic (exact) mass is 494 g/mol. The number of benzene rings is 1. The van der Waals surface area contributed by atoms with E-state index in [4.69, 9.17) is 20.6 Å². The number of hydrogen-bond donors (Lipinski definition) is 4. The number of imidazole rings is 1. The molecule has 0 aliphatic heterocycles. The lowest BCUT2D eigenvalue weighted by molar-refractivity contribution is 0.394. The smallest absolute Gasteiger partial charge is 0.208 e. The van der Waals surface area contributed by atoms with Crippen LogP contribution in [0.25, 0.3) is 0 Å². The van der Waals surface area contributed by atoms with Crippen molar-refractivity contribution in [2.24, 2.45) is 11.7 Å². The lowest BCUT2D eigenvalue weighted by Gasteiger charge is -2.23. The maximum absolute atomic E-state index is 11.7. The number of nitrogens with two attached hydrogens (primary N) is 1. The number of aromatic amines is 1. The van der Waals surface area contributed by atoms with Crippen molar-refractivity contribution in [3.05, 3.63) is 36.7 Å². The second-order valence-electron chi connectivity index (χ2n) is 7.77. The molecule has 1 heterocycles. The molecule has 12 heteroatoms. The van der Waals surface area contributed by atoms with Crippen LogP contribution in [0.4, 0.5) is 5.82 Å². The van der Waals surface area contributed by atoms with Gasteiger partial charge < -0.3 is 25.1 Å². The van der Waals surface area contributed by atoms with Gasteiger partial charge in [0.05, 0.1) is 25.4 Å². The summed E-state index contributed by atoms with van der Waals surface area (Å²) in [6.45, 7) is 4.34. The van der Waals surface area contributed by atoms with Crippen LogP contribution in [0.15, 0.2) is 41.0 Å². The zero-order chi connectivity index (χ0) is 24.2. The van der Waals surface area contributed by atoms with E-state index >= 15 is 0 Å². The van der Waals surface area contributed by atoms with Gasteiger partial charge in [0.2, 0.25) is 10.0 Å². The first-order valence-electron chi connectivity index (χ1n) is 10.4. The Morgan fingerprint density at radius 3 is 2.73 bits per heavy atom. The van der Waals surface area contributed by atoms with Crippen LogP contribution in [0.1, 0.15) is 25.0 Å². The molecule has 1 atom stereocenters. The molecule has 5 N–H and O–H groups in total. The Morgan fingerprint density at radius 2 is 2.18 bits per heavy atom. The molecule has 1 aliphatic carbocycles. The number of H-pyrrole nitrogens is 1. The first-order valence-corrected chi connectivity index (χ1v) is 13.1. The van der Waals surface area contributed by atoms with Crippen LogP contribution in [-0.4, -0.2) is 57.3 Å². The zero-order valence-electron chi connectivity index (χ0n) is 18.9. The molecule has 1 fully saturated rings. The number of ether oxygens (including phenoxy) is 2. The zero-order valence-corrected chi connectivity index (χ0v) is 20.6. The van der Waals surface area contributed by atoms with Gasteiger partial charge in [-0.1, -0.05) is 6.58 Å². The minimum absolute atomic E-state index is 0.155. The van der Waals surface area contributed by atoms with Gasteiger partial charge in [0.25, 0.3) is 0 Å². The first kappa shape index (κ1) is 24.9. The van der Waals surface area contributed by atoms with Gasteiger partial charge in [0.1, 0.15) is 23.0 Å². The Hall–Kier alpha value is -2.70. The number of sulfonamides is 1. The molecule has 1 aromatic carbocycles. The van der Waals surface area contributed by atoms with Crippen molar-refractivity contribution >= 4 is 33.4 Å². The molecule has 0 radical (unpaired) electrons. The maximum Gasteiger partial charge on any atom is 0.208 e. The molecule has 180 valence electrons. The van der Waals surface area contributed by atoms with Crippen LogP contribution in [0.2, 0.25) is 0 Å². The number of hydrogen-bond acceptors (Lipinski definition) is 8. The second-order valence-corrected chi connectivity index (χ2v) is 10.6. The average Bonchev–Trinajstić information content (AvgIpc) is 3.53. The van der Waals surface area contributed by atoms with Crippen molar-refractivity contribution in [2.45, 2.75) is 35.4 Å². The molecule has 3 rings (SSSR count). The minimum Gasteiger partial charge on any atom is -0.497 e. The standard InChI is InChI=1S/C21H30N6O4S2/c1-5-27(11-10-15(13-6-7-13)26-33(4,28)29)20-18(19(22)23)24-21(25-20)32-17-12-14(30-2)8-9-16(17)31-3/h5,8-9,12-13,15,26H,1,6-7,10-11H2,2-4H3,(H3,22,23)(H,24,25). The number of nitrogens with zero attached hydrogens (tertiary/aromatic N) is 2. The van der Waals surface area contributed by atoms with E-state index in [1.54, 1.807) is 37.5 Å². The summed E-state index contributed by atoms with van der Waals surface area (Å²) in [6, 6.07) is 5.29. The van der Waals surface area contributed by atoms with Crippen LogP contribution in [0, 0.1) is 11.3 Å². The highest BCUT2D eigenvalue weighted by Crippen LogP contribution is 2.38. The van der Waals surface area contributed by atoms with Crippen LogP contribution in [-0.2, 0) is 10.0 Å². The molecule has 1 aromatic heterocycles. The fourth-order valence-electron chi connectivity index (χ4n) is 3.48. The summed E-state index contributed by atoms with van der Waals surface area (Å²) in [5.74, 6) is 1.96. The van der Waals surface area contributed by atoms with Gasteiger partial charge in [0.15, 0.2) is 11.0 Å². The molecule has 0 amide bonds. The summed E-state index contributed by atoms with van der Waals surface area (Å²) in [5.41, 5.74) is 6.18. The summed E-state index contributed by atoms with van der Waals surface area (Å²) in [7, 11) is -0.136. The fraction of sp³-hybridized carbons (Fsp3) is 0.429. The lowest BCUT2D eigenvalue weighted by Crippen LogP contribution is -2.38. The Balaban J connectivity index is 1.83. The highest BCUT2D eigenvalue weighted by molar-refractivity contribution is 7.99. The fourth-order valence-corrected chi connectivity index (χ4v) is 5.26. The molecule has 0 spiro atoms. The molecule has 0 saturated heterocycles. The highest BCUT2D eigenvalue weighted by Gasteiger charge is 2.33. The van der Waals surface area contributed by atoms with Crippen molar-refractivity contribution < 1.29 is 17.9 Å². The van der Waals surface area contributed by atoms with Crippen molar-refractivity contribution in [2.75, 3.05) is 31.9 Å². The van der Waals surface area contributed by atoms with Crippen LogP contribution >= 0.6 is 11.8 Å². The topological polar surface area (TPSA) is 146 Å². The summed E-state index contributed by atoms with van der Waals surface area (Å²) in [5, 5.41) is 8.51. The molecular formula is C21H30N6O4S2. The number of anilines is 1. The number of amidine groups is 1. The number of nitrogens with one attached hydrogen (secondary N) is 3. The van der Waals surface area contributed by atoms with Crippen LogP contribution < -0.4 is 24.8 Å². The summed E-state index contributed by atoms with van der Waals surface area (Å²) < 4.78 is 37.0. The number of rotatable bonds is 13. The van der Waals surface area contributed by atoms with Gasteiger partial charge in [-0.15, -0.1) is 0 Å². The predicted molar refractivity (Wildman–Crippen MR) is 130 cm³/mol. The van der Waals surface area contributed by atoms with Crippen molar-refractivity contribution in [3.63, 3.8) is 0 Å². The van der Waals surface area contributed by atoms with Crippen LogP contribution in [0.5, 0.6) is 11.5 Å². The predicted octanol–water partition coefficient (Wildman–Crippen LogP) is 2.53. The van der Waals surface area contributed by atoms with Gasteiger partial charge >= 0.3 is 0 Å². The van der Waals surface area contributed by atoms with Crippen molar-refractivity contribution in [1.29, 1.82) is 5.41 Å². The van der Waals surface area contributed by atoms with E-state index in [1.807, 2.05) is 6.07 Å². The Kier molecular flexibility index (Phi) is 7.92. The number of aromatic nitrogens is 2. The first-order chi connectivity index (χ1) is 15.6.